The molecule has 2 saturated carbocycles. The Bertz CT molecular complexity index is 215. The van der Waals surface area contributed by atoms with E-state index in [1.54, 1.807) is 0 Å². The summed E-state index contributed by atoms with van der Waals surface area (Å²) in [5, 5.41) is 6.38. The lowest BCUT2D eigenvalue weighted by Crippen LogP contribution is -2.43. The highest BCUT2D eigenvalue weighted by molar-refractivity contribution is 5.83. The van der Waals surface area contributed by atoms with Gasteiger partial charge in [-0.1, -0.05) is 0 Å². The molecule has 3 nitrogen and oxygen atoms in total. The smallest absolute Gasteiger partial charge is 0.237 e. The molecule has 1 aliphatic heterocycles. The highest BCUT2D eigenvalue weighted by atomic mass is 16.2. The second-order valence-electron chi connectivity index (χ2n) is 4.34. The van der Waals surface area contributed by atoms with Crippen molar-refractivity contribution in [3.8, 4) is 0 Å². The van der Waals surface area contributed by atoms with Crippen LogP contribution in [0.1, 0.15) is 25.7 Å². The largest absolute Gasteiger partial charge is 0.352 e. The first kappa shape index (κ1) is 6.89. The molecular weight excluding hydrogens is 152 g/mol. The second-order valence-corrected chi connectivity index (χ2v) is 4.34. The van der Waals surface area contributed by atoms with Gasteiger partial charge in [-0.3, -0.25) is 4.79 Å². The number of rotatable bonds is 2. The number of carbonyl (C=O) groups is 1. The molecule has 3 atom stereocenters. The lowest BCUT2D eigenvalue weighted by atomic mass is 10.2. The van der Waals surface area contributed by atoms with Crippen molar-refractivity contribution in [3.05, 3.63) is 0 Å². The fourth-order valence-electron chi connectivity index (χ4n) is 2.05. The molecule has 0 aromatic rings. The van der Waals surface area contributed by atoms with E-state index in [-0.39, 0.29) is 11.9 Å². The maximum atomic E-state index is 11.5. The Hall–Kier alpha value is -0.570. The van der Waals surface area contributed by atoms with Gasteiger partial charge >= 0.3 is 0 Å². The number of amides is 1. The highest BCUT2D eigenvalue weighted by Crippen LogP contribution is 2.40. The Morgan fingerprint density at radius 3 is 2.75 bits per heavy atom. The maximum absolute atomic E-state index is 11.5. The van der Waals surface area contributed by atoms with Gasteiger partial charge in [-0.05, 0) is 31.6 Å². The zero-order chi connectivity index (χ0) is 8.13. The Labute approximate surface area is 71.9 Å². The summed E-state index contributed by atoms with van der Waals surface area (Å²) in [5.74, 6) is 1.06. The number of piperidine rings is 1. The van der Waals surface area contributed by atoms with Gasteiger partial charge in [0.25, 0.3) is 0 Å². The average molecular weight is 166 g/mol. The molecule has 3 aliphatic rings. The van der Waals surface area contributed by atoms with Crippen LogP contribution in [0.25, 0.3) is 0 Å². The molecule has 0 aromatic heterocycles. The van der Waals surface area contributed by atoms with Crippen LogP contribution < -0.4 is 10.6 Å². The lowest BCUT2D eigenvalue weighted by Gasteiger charge is -2.12. The van der Waals surface area contributed by atoms with E-state index in [0.717, 1.165) is 12.3 Å². The SMILES string of the molecule is O=C(NC1CC1)[C@@H]1C[C@@H]2C[C@@H]2N1. The molecule has 1 saturated heterocycles. The summed E-state index contributed by atoms with van der Waals surface area (Å²) in [4.78, 5) is 11.5. The molecule has 12 heavy (non-hydrogen) atoms. The van der Waals surface area contributed by atoms with Gasteiger partial charge in [0.05, 0.1) is 6.04 Å². The van der Waals surface area contributed by atoms with Gasteiger partial charge in [0.2, 0.25) is 5.91 Å². The van der Waals surface area contributed by atoms with Crippen LogP contribution in [0.15, 0.2) is 0 Å². The molecule has 3 rings (SSSR count). The zero-order valence-electron chi connectivity index (χ0n) is 7.05. The summed E-state index contributed by atoms with van der Waals surface area (Å²) in [5.41, 5.74) is 0. The predicted molar refractivity (Wildman–Crippen MR) is 44.6 cm³/mol. The molecule has 0 unspecified atom stereocenters. The Balaban J connectivity index is 1.54. The van der Waals surface area contributed by atoms with Crippen LogP contribution in [-0.4, -0.2) is 24.0 Å². The number of nitrogens with one attached hydrogen (secondary N) is 2. The standard InChI is InChI=1S/C9H14N2O/c12-9(10-6-1-2-6)8-4-5-3-7(5)11-8/h5-8,11H,1-4H2,(H,10,12)/t5-,7-,8-/m0/s1. The van der Waals surface area contributed by atoms with Crippen LogP contribution in [0.4, 0.5) is 0 Å². The van der Waals surface area contributed by atoms with Crippen molar-refractivity contribution in [1.29, 1.82) is 0 Å². The predicted octanol–water partition coefficient (Wildman–Crippen LogP) is 0.0154. The minimum absolute atomic E-state index is 0.134. The first-order valence-electron chi connectivity index (χ1n) is 4.89. The third kappa shape index (κ3) is 1.12. The average Bonchev–Trinajstić information content (AvgIpc) is 2.95. The van der Waals surface area contributed by atoms with Crippen molar-refractivity contribution in [2.75, 3.05) is 0 Å². The molecular formula is C9H14N2O. The first-order chi connectivity index (χ1) is 5.83. The van der Waals surface area contributed by atoms with Crippen molar-refractivity contribution in [2.24, 2.45) is 5.92 Å². The molecule has 0 aromatic carbocycles. The summed E-state index contributed by atoms with van der Waals surface area (Å²) in [6.45, 7) is 0. The molecule has 0 bridgehead atoms. The molecule has 0 spiro atoms. The number of hydrogen-bond donors (Lipinski definition) is 2. The topological polar surface area (TPSA) is 41.1 Å². The Morgan fingerprint density at radius 1 is 1.33 bits per heavy atom. The van der Waals surface area contributed by atoms with E-state index in [9.17, 15) is 4.79 Å². The van der Waals surface area contributed by atoms with Gasteiger partial charge < -0.3 is 10.6 Å². The Kier molecular flexibility index (Phi) is 1.28. The van der Waals surface area contributed by atoms with Gasteiger partial charge in [-0.15, -0.1) is 0 Å². The normalized spacial score (nSPS) is 43.8. The maximum Gasteiger partial charge on any atom is 0.237 e. The molecule has 1 amide bonds. The summed E-state index contributed by atoms with van der Waals surface area (Å²) < 4.78 is 0. The fourth-order valence-corrected chi connectivity index (χ4v) is 2.05. The number of carbonyl (C=O) groups excluding carboxylic acids is 1. The van der Waals surface area contributed by atoms with Crippen molar-refractivity contribution in [2.45, 2.75) is 43.8 Å². The summed E-state index contributed by atoms with van der Waals surface area (Å²) in [6, 6.07) is 1.32. The van der Waals surface area contributed by atoms with E-state index in [0.29, 0.717) is 12.1 Å². The van der Waals surface area contributed by atoms with Gasteiger partial charge in [0.15, 0.2) is 0 Å². The van der Waals surface area contributed by atoms with E-state index in [4.69, 9.17) is 0 Å². The van der Waals surface area contributed by atoms with Gasteiger partial charge in [-0.25, -0.2) is 0 Å². The van der Waals surface area contributed by atoms with Crippen molar-refractivity contribution >= 4 is 5.91 Å². The van der Waals surface area contributed by atoms with E-state index >= 15 is 0 Å². The molecule has 3 fully saturated rings. The van der Waals surface area contributed by atoms with Crippen molar-refractivity contribution in [1.82, 2.24) is 10.6 Å². The van der Waals surface area contributed by atoms with E-state index < -0.39 is 0 Å². The number of hydrogen-bond acceptors (Lipinski definition) is 2. The van der Waals surface area contributed by atoms with Crippen LogP contribution in [-0.2, 0) is 4.79 Å². The minimum Gasteiger partial charge on any atom is -0.352 e. The molecule has 1 heterocycles. The van der Waals surface area contributed by atoms with Crippen LogP contribution in [0.3, 0.4) is 0 Å². The van der Waals surface area contributed by atoms with Gasteiger partial charge in [0, 0.05) is 12.1 Å². The first-order valence-corrected chi connectivity index (χ1v) is 4.89. The lowest BCUT2D eigenvalue weighted by molar-refractivity contribution is -0.123. The fraction of sp³-hybridized carbons (Fsp3) is 0.889. The van der Waals surface area contributed by atoms with E-state index in [1.165, 1.54) is 19.3 Å². The van der Waals surface area contributed by atoms with Crippen molar-refractivity contribution in [3.63, 3.8) is 0 Å². The van der Waals surface area contributed by atoms with Crippen LogP contribution >= 0.6 is 0 Å². The van der Waals surface area contributed by atoms with E-state index in [1.807, 2.05) is 0 Å². The molecule has 66 valence electrons. The van der Waals surface area contributed by atoms with Crippen LogP contribution in [0.2, 0.25) is 0 Å². The second kappa shape index (κ2) is 2.22. The van der Waals surface area contributed by atoms with Crippen LogP contribution in [0, 0.1) is 5.92 Å². The van der Waals surface area contributed by atoms with E-state index in [2.05, 4.69) is 10.6 Å². The molecule has 2 N–H and O–H groups in total. The minimum atomic E-state index is 0.134. The third-order valence-electron chi connectivity index (χ3n) is 3.12. The van der Waals surface area contributed by atoms with Gasteiger partial charge in [-0.2, -0.15) is 0 Å². The van der Waals surface area contributed by atoms with Crippen molar-refractivity contribution < 1.29 is 4.79 Å². The van der Waals surface area contributed by atoms with Crippen LogP contribution in [0.5, 0.6) is 0 Å². The monoisotopic (exact) mass is 166 g/mol. The summed E-state index contributed by atoms with van der Waals surface area (Å²) >= 11 is 0. The summed E-state index contributed by atoms with van der Waals surface area (Å²) in [6.07, 6.45) is 4.74. The third-order valence-corrected chi connectivity index (χ3v) is 3.12. The quantitative estimate of drug-likeness (QED) is 0.607. The summed E-state index contributed by atoms with van der Waals surface area (Å²) in [7, 11) is 0. The molecule has 2 aliphatic carbocycles. The Morgan fingerprint density at radius 2 is 2.17 bits per heavy atom. The highest BCUT2D eigenvalue weighted by Gasteiger charge is 2.48. The van der Waals surface area contributed by atoms with Gasteiger partial charge in [0.1, 0.15) is 0 Å². The zero-order valence-corrected chi connectivity index (χ0v) is 7.05. The molecule has 0 radical (unpaired) electrons. The number of fused-ring (bicyclic) bond motifs is 1. The molecule has 3 heteroatoms.